The van der Waals surface area contributed by atoms with Gasteiger partial charge in [0.1, 0.15) is 11.8 Å². The molecule has 0 N–H and O–H groups in total. The molecule has 18 heavy (non-hydrogen) atoms. The lowest BCUT2D eigenvalue weighted by atomic mass is 10.2. The molecule has 0 atom stereocenters. The maximum atomic E-state index is 12.3. The zero-order valence-electron chi connectivity index (χ0n) is 9.02. The molecule has 2 aromatic heterocycles. The number of nitriles is 1. The normalized spacial score (nSPS) is 11.2. The largest absolute Gasteiger partial charge is 0.435 e. The Labute approximate surface area is 100 Å². The molecule has 7 heteroatoms. The minimum absolute atomic E-state index is 0.0762. The highest BCUT2D eigenvalue weighted by atomic mass is 19.4. The van der Waals surface area contributed by atoms with E-state index in [1.807, 2.05) is 6.07 Å². The van der Waals surface area contributed by atoms with Crippen LogP contribution in [-0.4, -0.2) is 14.8 Å². The van der Waals surface area contributed by atoms with Crippen molar-refractivity contribution in [3.05, 3.63) is 47.5 Å². The molecule has 0 fully saturated rings. The van der Waals surface area contributed by atoms with Gasteiger partial charge in [-0.05, 0) is 12.1 Å². The molecule has 0 saturated carbocycles. The third kappa shape index (κ3) is 2.48. The van der Waals surface area contributed by atoms with Gasteiger partial charge in [0.25, 0.3) is 0 Å². The van der Waals surface area contributed by atoms with Crippen molar-refractivity contribution < 1.29 is 13.2 Å². The van der Waals surface area contributed by atoms with Crippen molar-refractivity contribution in [2.75, 3.05) is 0 Å². The molecule has 0 unspecified atom stereocenters. The van der Waals surface area contributed by atoms with Gasteiger partial charge in [-0.25, -0.2) is 4.98 Å². The molecular weight excluding hydrogens is 245 g/mol. The van der Waals surface area contributed by atoms with E-state index in [4.69, 9.17) is 5.26 Å². The van der Waals surface area contributed by atoms with Gasteiger partial charge in [0.15, 0.2) is 5.69 Å². The van der Waals surface area contributed by atoms with Crippen LogP contribution in [0.1, 0.15) is 17.0 Å². The minimum Gasteiger partial charge on any atom is -0.268 e. The van der Waals surface area contributed by atoms with E-state index in [1.54, 1.807) is 12.1 Å². The smallest absolute Gasteiger partial charge is 0.268 e. The zero-order chi connectivity index (χ0) is 13.2. The lowest BCUT2D eigenvalue weighted by Crippen LogP contribution is -2.09. The van der Waals surface area contributed by atoms with Crippen molar-refractivity contribution in [3.63, 3.8) is 0 Å². The highest BCUT2D eigenvalue weighted by Gasteiger charge is 2.33. The lowest BCUT2D eigenvalue weighted by Gasteiger charge is -2.04. The molecule has 0 amide bonds. The number of hydrogen-bond donors (Lipinski definition) is 0. The van der Waals surface area contributed by atoms with Crippen LogP contribution in [0.5, 0.6) is 0 Å². The molecule has 0 aromatic carbocycles. The van der Waals surface area contributed by atoms with Crippen molar-refractivity contribution in [2.24, 2.45) is 0 Å². The molecule has 0 spiro atoms. The minimum atomic E-state index is -4.46. The second-order valence-corrected chi connectivity index (χ2v) is 3.52. The summed E-state index contributed by atoms with van der Waals surface area (Å²) in [6.07, 6.45) is -1.79. The van der Waals surface area contributed by atoms with E-state index in [9.17, 15) is 13.2 Å². The highest BCUT2D eigenvalue weighted by molar-refractivity contribution is 5.30. The van der Waals surface area contributed by atoms with Gasteiger partial charge < -0.3 is 0 Å². The first-order valence-corrected chi connectivity index (χ1v) is 4.95. The predicted octanol–water partition coefficient (Wildman–Crippen LogP) is 2.22. The van der Waals surface area contributed by atoms with Crippen molar-refractivity contribution in [1.82, 2.24) is 14.8 Å². The molecular formula is C11H7F3N4. The van der Waals surface area contributed by atoms with Crippen LogP contribution >= 0.6 is 0 Å². The lowest BCUT2D eigenvalue weighted by molar-refractivity contribution is -0.141. The molecule has 2 heterocycles. The van der Waals surface area contributed by atoms with Crippen LogP contribution in [0.15, 0.2) is 30.6 Å². The van der Waals surface area contributed by atoms with Gasteiger partial charge in [-0.1, -0.05) is 6.07 Å². The van der Waals surface area contributed by atoms with Gasteiger partial charge in [0.2, 0.25) is 0 Å². The average Bonchev–Trinajstić information content (AvgIpc) is 2.78. The van der Waals surface area contributed by atoms with Crippen LogP contribution in [0, 0.1) is 11.3 Å². The number of aromatic nitrogens is 3. The van der Waals surface area contributed by atoms with Crippen molar-refractivity contribution in [1.29, 1.82) is 5.26 Å². The molecule has 92 valence electrons. The number of nitrogens with zero attached hydrogens (tertiary/aromatic N) is 4. The van der Waals surface area contributed by atoms with Crippen molar-refractivity contribution >= 4 is 0 Å². The summed E-state index contributed by atoms with van der Waals surface area (Å²) >= 11 is 0. The van der Waals surface area contributed by atoms with E-state index in [0.29, 0.717) is 5.56 Å². The van der Waals surface area contributed by atoms with Crippen LogP contribution in [0.4, 0.5) is 13.2 Å². The summed E-state index contributed by atoms with van der Waals surface area (Å²) in [6.45, 7) is 0.0762. The summed E-state index contributed by atoms with van der Waals surface area (Å²) in [7, 11) is 0. The van der Waals surface area contributed by atoms with Gasteiger partial charge in [0.05, 0.1) is 6.54 Å². The first kappa shape index (κ1) is 12.1. The Bertz CT molecular complexity index is 595. The summed E-state index contributed by atoms with van der Waals surface area (Å²) in [5, 5.41) is 12.2. The van der Waals surface area contributed by atoms with Crippen LogP contribution in [0.3, 0.4) is 0 Å². The summed E-state index contributed by atoms with van der Waals surface area (Å²) in [4.78, 5) is 3.82. The highest BCUT2D eigenvalue weighted by Crippen LogP contribution is 2.27. The number of hydrogen-bond acceptors (Lipinski definition) is 3. The fraction of sp³-hybridized carbons (Fsp3) is 0.182. The number of alkyl halides is 3. The monoisotopic (exact) mass is 252 g/mol. The third-order valence-corrected chi connectivity index (χ3v) is 2.26. The van der Waals surface area contributed by atoms with Crippen LogP contribution in [-0.2, 0) is 12.7 Å². The Morgan fingerprint density at radius 2 is 2.11 bits per heavy atom. The quantitative estimate of drug-likeness (QED) is 0.823. The van der Waals surface area contributed by atoms with Gasteiger partial charge in [-0.15, -0.1) is 0 Å². The van der Waals surface area contributed by atoms with E-state index < -0.39 is 11.9 Å². The standard InChI is InChI=1S/C11H7F3N4/c12-11(13,14)10-3-5-18(17-10)7-8-2-1-4-16-9(8)6-15/h1-5H,7H2. The van der Waals surface area contributed by atoms with Crippen LogP contribution in [0.25, 0.3) is 0 Å². The van der Waals surface area contributed by atoms with Gasteiger partial charge in [0, 0.05) is 18.0 Å². The van der Waals surface area contributed by atoms with E-state index in [-0.39, 0.29) is 12.2 Å². The fourth-order valence-electron chi connectivity index (χ4n) is 1.44. The van der Waals surface area contributed by atoms with E-state index >= 15 is 0 Å². The van der Waals surface area contributed by atoms with Crippen LogP contribution in [0.2, 0.25) is 0 Å². The van der Waals surface area contributed by atoms with E-state index in [2.05, 4.69) is 10.1 Å². The van der Waals surface area contributed by atoms with Crippen molar-refractivity contribution in [3.8, 4) is 6.07 Å². The first-order chi connectivity index (χ1) is 8.50. The second-order valence-electron chi connectivity index (χ2n) is 3.52. The SMILES string of the molecule is N#Cc1ncccc1Cn1ccc(C(F)(F)F)n1. The number of pyridine rings is 1. The molecule has 2 aromatic rings. The summed E-state index contributed by atoms with van der Waals surface area (Å²) in [5.74, 6) is 0. The number of halogens is 3. The Morgan fingerprint density at radius 1 is 1.33 bits per heavy atom. The van der Waals surface area contributed by atoms with Gasteiger partial charge in [-0.3, -0.25) is 4.68 Å². The maximum absolute atomic E-state index is 12.3. The molecule has 4 nitrogen and oxygen atoms in total. The average molecular weight is 252 g/mol. The Balaban J connectivity index is 2.25. The molecule has 2 rings (SSSR count). The molecule has 0 saturated heterocycles. The Hall–Kier alpha value is -2.36. The second kappa shape index (κ2) is 4.49. The topological polar surface area (TPSA) is 54.5 Å². The maximum Gasteiger partial charge on any atom is 0.435 e. The molecule has 0 bridgehead atoms. The Kier molecular flexibility index (Phi) is 3.02. The van der Waals surface area contributed by atoms with E-state index in [0.717, 1.165) is 10.7 Å². The predicted molar refractivity (Wildman–Crippen MR) is 55.3 cm³/mol. The summed E-state index contributed by atoms with van der Waals surface area (Å²) in [6, 6.07) is 6.01. The summed E-state index contributed by atoms with van der Waals surface area (Å²) < 4.78 is 38.2. The van der Waals surface area contributed by atoms with Gasteiger partial charge in [-0.2, -0.15) is 23.5 Å². The molecule has 0 aliphatic rings. The zero-order valence-corrected chi connectivity index (χ0v) is 9.02. The third-order valence-electron chi connectivity index (χ3n) is 2.26. The Morgan fingerprint density at radius 3 is 2.72 bits per heavy atom. The first-order valence-electron chi connectivity index (χ1n) is 4.95. The number of rotatable bonds is 2. The van der Waals surface area contributed by atoms with E-state index in [1.165, 1.54) is 12.4 Å². The fourth-order valence-corrected chi connectivity index (χ4v) is 1.44. The van der Waals surface area contributed by atoms with Gasteiger partial charge >= 0.3 is 6.18 Å². The molecule has 0 aliphatic heterocycles. The summed E-state index contributed by atoms with van der Waals surface area (Å²) in [5.41, 5.74) is -0.247. The molecule has 0 aliphatic carbocycles. The molecule has 0 radical (unpaired) electrons. The van der Waals surface area contributed by atoms with Crippen molar-refractivity contribution in [2.45, 2.75) is 12.7 Å². The van der Waals surface area contributed by atoms with Crippen LogP contribution < -0.4 is 0 Å².